The number of halogens is 3. The Morgan fingerprint density at radius 3 is 2.30 bits per heavy atom. The summed E-state index contributed by atoms with van der Waals surface area (Å²) in [6.07, 6.45) is -3.38. The lowest BCUT2D eigenvalue weighted by atomic mass is 10.1. The molecule has 0 radical (unpaired) electrons. The highest BCUT2D eigenvalue weighted by molar-refractivity contribution is 7.92. The van der Waals surface area contributed by atoms with E-state index in [-0.39, 0.29) is 43.4 Å². The Bertz CT molecular complexity index is 1190. The maximum Gasteiger partial charge on any atom is 0.416 e. The van der Waals surface area contributed by atoms with Crippen LogP contribution in [0.3, 0.4) is 0 Å². The first-order valence-electron chi connectivity index (χ1n) is 12.1. The van der Waals surface area contributed by atoms with Crippen molar-refractivity contribution in [3.63, 3.8) is 0 Å². The summed E-state index contributed by atoms with van der Waals surface area (Å²) in [7, 11) is -3.92. The number of aryl methyl sites for hydroxylation is 1. The van der Waals surface area contributed by atoms with Crippen LogP contribution in [0.4, 0.5) is 18.9 Å². The van der Waals surface area contributed by atoms with Gasteiger partial charge < -0.3 is 10.2 Å². The van der Waals surface area contributed by atoms with E-state index < -0.39 is 27.8 Å². The fraction of sp³-hybridized carbons (Fsp3) is 0.462. The normalized spacial score (nSPS) is 12.6. The second kappa shape index (κ2) is 12.9. The van der Waals surface area contributed by atoms with E-state index in [0.29, 0.717) is 13.0 Å². The highest BCUT2D eigenvalue weighted by Gasteiger charge is 2.32. The van der Waals surface area contributed by atoms with Crippen molar-refractivity contribution in [3.05, 3.63) is 65.2 Å². The summed E-state index contributed by atoms with van der Waals surface area (Å²) in [4.78, 5) is 27.6. The van der Waals surface area contributed by atoms with Crippen LogP contribution in [0.5, 0.6) is 0 Å². The van der Waals surface area contributed by atoms with Crippen molar-refractivity contribution in [3.8, 4) is 0 Å². The number of anilines is 1. The maximum atomic E-state index is 13.4. The summed E-state index contributed by atoms with van der Waals surface area (Å²) in [5, 5.41) is 2.75. The molecule has 1 atom stereocenters. The van der Waals surface area contributed by atoms with Gasteiger partial charge in [-0.25, -0.2) is 8.42 Å². The Kier molecular flexibility index (Phi) is 10.5. The van der Waals surface area contributed by atoms with Gasteiger partial charge >= 0.3 is 6.18 Å². The van der Waals surface area contributed by atoms with Gasteiger partial charge in [-0.1, -0.05) is 37.3 Å². The molecule has 2 aromatic carbocycles. The molecule has 1 N–H and O–H groups in total. The van der Waals surface area contributed by atoms with Gasteiger partial charge in [0.15, 0.2) is 0 Å². The molecule has 37 heavy (non-hydrogen) atoms. The summed E-state index contributed by atoms with van der Waals surface area (Å²) >= 11 is 0. The van der Waals surface area contributed by atoms with Crippen molar-refractivity contribution in [1.29, 1.82) is 0 Å². The van der Waals surface area contributed by atoms with Crippen LogP contribution in [0.2, 0.25) is 0 Å². The molecule has 0 saturated carbocycles. The molecule has 0 bridgehead atoms. The van der Waals surface area contributed by atoms with Gasteiger partial charge in [-0.05, 0) is 56.0 Å². The smallest absolute Gasteiger partial charge is 0.355 e. The summed E-state index contributed by atoms with van der Waals surface area (Å²) in [5.41, 5.74) is 0.737. The van der Waals surface area contributed by atoms with Crippen molar-refractivity contribution < 1.29 is 31.2 Å². The van der Waals surface area contributed by atoms with Gasteiger partial charge in [0.25, 0.3) is 0 Å². The number of likely N-dealkylation sites (N-methyl/N-ethyl adjacent to an activating group) is 1. The fourth-order valence-electron chi connectivity index (χ4n) is 4.02. The van der Waals surface area contributed by atoms with Crippen LogP contribution in [0.1, 0.15) is 49.8 Å². The molecule has 0 aliphatic carbocycles. The number of carbonyl (C=O) groups excluding carboxylic acids is 2. The second-order valence-electron chi connectivity index (χ2n) is 8.75. The topological polar surface area (TPSA) is 86.8 Å². The molecule has 2 amide bonds. The molecule has 204 valence electrons. The summed E-state index contributed by atoms with van der Waals surface area (Å²) in [6, 6.07) is 10.8. The Labute approximate surface area is 216 Å². The minimum Gasteiger partial charge on any atom is -0.355 e. The van der Waals surface area contributed by atoms with Gasteiger partial charge in [0.2, 0.25) is 21.8 Å². The standard InChI is InChI=1S/C26H34F3N3O4S/c1-5-23(25(34)30-6-2)31(18-20-12-8-7-11-19(20)3)24(33)15-10-16-32(37(4,35)36)22-14-9-13-21(17-22)26(27,28)29/h7-9,11-14,17,23H,5-6,10,15-16,18H2,1-4H3,(H,30,34)/t23-/m0/s1. The third-order valence-corrected chi connectivity index (χ3v) is 7.15. The van der Waals surface area contributed by atoms with Crippen molar-refractivity contribution in [2.24, 2.45) is 0 Å². The second-order valence-corrected chi connectivity index (χ2v) is 10.7. The number of alkyl halides is 3. The number of benzene rings is 2. The van der Waals surface area contributed by atoms with Crippen LogP contribution in [0.15, 0.2) is 48.5 Å². The summed E-state index contributed by atoms with van der Waals surface area (Å²) in [5.74, 6) is -0.632. The van der Waals surface area contributed by atoms with Gasteiger partial charge in [-0.15, -0.1) is 0 Å². The molecule has 2 aromatic rings. The van der Waals surface area contributed by atoms with E-state index in [9.17, 15) is 31.2 Å². The molecule has 0 heterocycles. The lowest BCUT2D eigenvalue weighted by Gasteiger charge is -2.31. The zero-order chi connectivity index (χ0) is 27.8. The molecule has 0 unspecified atom stereocenters. The zero-order valence-electron chi connectivity index (χ0n) is 21.5. The first kappa shape index (κ1) is 30.1. The number of hydrogen-bond acceptors (Lipinski definition) is 4. The number of amides is 2. The van der Waals surface area contributed by atoms with E-state index in [1.165, 1.54) is 11.0 Å². The van der Waals surface area contributed by atoms with Crippen molar-refractivity contribution in [2.75, 3.05) is 23.7 Å². The van der Waals surface area contributed by atoms with Crippen LogP contribution in [-0.4, -0.2) is 50.5 Å². The first-order chi connectivity index (χ1) is 17.3. The number of nitrogens with zero attached hydrogens (tertiary/aromatic N) is 2. The Morgan fingerprint density at radius 2 is 1.73 bits per heavy atom. The average molecular weight is 542 g/mol. The minimum atomic E-state index is -4.63. The Hall–Kier alpha value is -3.08. The molecule has 0 aliphatic heterocycles. The number of rotatable bonds is 12. The zero-order valence-corrected chi connectivity index (χ0v) is 22.3. The van der Waals surface area contributed by atoms with Crippen molar-refractivity contribution in [1.82, 2.24) is 10.2 Å². The first-order valence-corrected chi connectivity index (χ1v) is 13.9. The predicted octanol–water partition coefficient (Wildman–Crippen LogP) is 4.50. The van der Waals surface area contributed by atoms with Gasteiger partial charge in [-0.3, -0.25) is 13.9 Å². The molecule has 7 nitrogen and oxygen atoms in total. The van der Waals surface area contributed by atoms with E-state index in [0.717, 1.165) is 39.9 Å². The number of sulfonamides is 1. The van der Waals surface area contributed by atoms with Gasteiger partial charge in [0, 0.05) is 26.1 Å². The van der Waals surface area contributed by atoms with E-state index in [1.807, 2.05) is 31.2 Å². The molecule has 2 rings (SSSR count). The van der Waals surface area contributed by atoms with Gasteiger partial charge in [0.05, 0.1) is 17.5 Å². The molecule has 0 saturated heterocycles. The molecular formula is C26H34F3N3O4S. The number of hydrogen-bond donors (Lipinski definition) is 1. The fourth-order valence-corrected chi connectivity index (χ4v) is 4.98. The lowest BCUT2D eigenvalue weighted by molar-refractivity contribution is -0.141. The van der Waals surface area contributed by atoms with Crippen molar-refractivity contribution in [2.45, 2.75) is 58.8 Å². The highest BCUT2D eigenvalue weighted by atomic mass is 32.2. The Morgan fingerprint density at radius 1 is 1.05 bits per heavy atom. The third-order valence-electron chi connectivity index (χ3n) is 5.95. The average Bonchev–Trinajstić information content (AvgIpc) is 2.81. The highest BCUT2D eigenvalue weighted by Crippen LogP contribution is 2.32. The minimum absolute atomic E-state index is 0.0538. The summed E-state index contributed by atoms with van der Waals surface area (Å²) in [6.45, 7) is 5.90. The molecule has 0 aliphatic rings. The molecular weight excluding hydrogens is 507 g/mol. The summed E-state index contributed by atoms with van der Waals surface area (Å²) < 4.78 is 65.1. The molecule has 0 spiro atoms. The number of nitrogens with one attached hydrogen (secondary N) is 1. The monoisotopic (exact) mass is 541 g/mol. The van der Waals surface area contributed by atoms with Crippen LogP contribution in [0, 0.1) is 6.92 Å². The SMILES string of the molecule is CCNC(=O)[C@H](CC)N(Cc1ccccc1C)C(=O)CCCN(c1cccc(C(F)(F)F)c1)S(C)(=O)=O. The van der Waals surface area contributed by atoms with Crippen molar-refractivity contribution >= 4 is 27.5 Å². The molecule has 0 fully saturated rings. The van der Waals surface area contributed by atoms with Crippen LogP contribution in [-0.2, 0) is 32.3 Å². The maximum absolute atomic E-state index is 13.4. The lowest BCUT2D eigenvalue weighted by Crippen LogP contribution is -2.49. The van der Waals surface area contributed by atoms with E-state index >= 15 is 0 Å². The van der Waals surface area contributed by atoms with Crippen LogP contribution < -0.4 is 9.62 Å². The Balaban J connectivity index is 2.25. The van der Waals surface area contributed by atoms with Crippen LogP contribution >= 0.6 is 0 Å². The van der Waals surface area contributed by atoms with E-state index in [1.54, 1.807) is 13.8 Å². The van der Waals surface area contributed by atoms with E-state index in [2.05, 4.69) is 5.32 Å². The molecule has 11 heteroatoms. The van der Waals surface area contributed by atoms with Gasteiger partial charge in [0.1, 0.15) is 6.04 Å². The molecule has 0 aromatic heterocycles. The van der Waals surface area contributed by atoms with E-state index in [4.69, 9.17) is 0 Å². The largest absolute Gasteiger partial charge is 0.416 e. The number of carbonyl (C=O) groups is 2. The van der Waals surface area contributed by atoms with Gasteiger partial charge in [-0.2, -0.15) is 13.2 Å². The van der Waals surface area contributed by atoms with Crippen LogP contribution in [0.25, 0.3) is 0 Å². The predicted molar refractivity (Wildman–Crippen MR) is 137 cm³/mol. The third kappa shape index (κ3) is 8.48. The quantitative estimate of drug-likeness (QED) is 0.429.